The van der Waals surface area contributed by atoms with Crippen molar-refractivity contribution in [2.24, 2.45) is 4.99 Å². The van der Waals surface area contributed by atoms with Crippen LogP contribution < -0.4 is 16.0 Å². The maximum atomic E-state index is 12.2. The molecule has 7 heteroatoms. The van der Waals surface area contributed by atoms with E-state index in [-0.39, 0.29) is 11.6 Å². The molecule has 0 aromatic carbocycles. The minimum atomic E-state index is -0.509. The minimum absolute atomic E-state index is 0.377. The molecule has 0 radical (unpaired) electrons. The van der Waals surface area contributed by atoms with Gasteiger partial charge in [0, 0.05) is 33.9 Å². The monoisotopic (exact) mass is 372 g/mol. The van der Waals surface area contributed by atoms with Crippen molar-refractivity contribution in [2.45, 2.75) is 77.9 Å². The van der Waals surface area contributed by atoms with E-state index in [9.17, 15) is 4.79 Å². The number of carbonyl (C=O) groups excluding carboxylic acids is 1. The number of amides is 1. The summed E-state index contributed by atoms with van der Waals surface area (Å²) in [5.74, 6) is 0.744. The molecule has 0 bridgehead atoms. The molecule has 0 heterocycles. The van der Waals surface area contributed by atoms with Gasteiger partial charge in [-0.25, -0.2) is 4.79 Å². The fourth-order valence-electron chi connectivity index (χ4n) is 2.47. The lowest BCUT2D eigenvalue weighted by Gasteiger charge is -2.34. The third-order valence-electron chi connectivity index (χ3n) is 4.26. The molecular formula is C19H40N4O3. The van der Waals surface area contributed by atoms with Gasteiger partial charge in [0.05, 0.1) is 5.54 Å². The zero-order chi connectivity index (χ0) is 20.1. The maximum absolute atomic E-state index is 12.2. The number of alkyl carbamates (subject to hydrolysis) is 1. The predicted molar refractivity (Wildman–Crippen MR) is 108 cm³/mol. The van der Waals surface area contributed by atoms with E-state index >= 15 is 0 Å². The van der Waals surface area contributed by atoms with Crippen LogP contribution in [0.3, 0.4) is 0 Å². The van der Waals surface area contributed by atoms with Gasteiger partial charge in [-0.15, -0.1) is 0 Å². The van der Waals surface area contributed by atoms with Gasteiger partial charge in [-0.3, -0.25) is 4.99 Å². The summed E-state index contributed by atoms with van der Waals surface area (Å²) in [5.41, 5.74) is -0.885. The summed E-state index contributed by atoms with van der Waals surface area (Å²) in [4.78, 5) is 16.4. The van der Waals surface area contributed by atoms with Crippen LogP contribution in [-0.2, 0) is 9.47 Å². The van der Waals surface area contributed by atoms with E-state index in [1.165, 1.54) is 0 Å². The molecule has 0 saturated carbocycles. The molecule has 7 nitrogen and oxygen atoms in total. The van der Waals surface area contributed by atoms with Crippen LogP contribution in [0.4, 0.5) is 4.79 Å². The van der Waals surface area contributed by atoms with Crippen molar-refractivity contribution >= 4 is 12.1 Å². The van der Waals surface area contributed by atoms with Crippen molar-refractivity contribution in [3.8, 4) is 0 Å². The molecule has 26 heavy (non-hydrogen) atoms. The Morgan fingerprint density at radius 3 is 2.19 bits per heavy atom. The summed E-state index contributed by atoms with van der Waals surface area (Å²) in [7, 11) is 3.48. The van der Waals surface area contributed by atoms with Gasteiger partial charge in [0.1, 0.15) is 5.60 Å². The predicted octanol–water partition coefficient (Wildman–Crippen LogP) is 3.05. The van der Waals surface area contributed by atoms with E-state index in [4.69, 9.17) is 9.47 Å². The van der Waals surface area contributed by atoms with E-state index in [0.717, 1.165) is 51.2 Å². The van der Waals surface area contributed by atoms with Crippen molar-refractivity contribution in [2.75, 3.05) is 33.9 Å². The topological polar surface area (TPSA) is 84.0 Å². The fourth-order valence-corrected chi connectivity index (χ4v) is 2.47. The first-order chi connectivity index (χ1) is 12.2. The van der Waals surface area contributed by atoms with Crippen LogP contribution in [-0.4, -0.2) is 57.0 Å². The number of carbonyl (C=O) groups is 1. The van der Waals surface area contributed by atoms with Crippen LogP contribution >= 0.6 is 0 Å². The molecule has 0 fully saturated rings. The Bertz CT molecular complexity index is 415. The smallest absolute Gasteiger partial charge is 0.408 e. The second-order valence-electron chi connectivity index (χ2n) is 7.52. The molecule has 0 saturated heterocycles. The average Bonchev–Trinajstić information content (AvgIpc) is 2.57. The number of methoxy groups -OCH3 is 1. The number of hydrogen-bond acceptors (Lipinski definition) is 4. The van der Waals surface area contributed by atoms with Gasteiger partial charge in [-0.05, 0) is 52.9 Å². The molecule has 0 aliphatic heterocycles. The number of guanidine groups is 1. The third kappa shape index (κ3) is 11.2. The summed E-state index contributed by atoms with van der Waals surface area (Å²) in [6, 6.07) is 0. The summed E-state index contributed by atoms with van der Waals surface area (Å²) in [6.45, 7) is 12.0. The van der Waals surface area contributed by atoms with Gasteiger partial charge in [-0.1, -0.05) is 13.8 Å². The molecule has 0 spiro atoms. The van der Waals surface area contributed by atoms with Gasteiger partial charge in [0.2, 0.25) is 0 Å². The van der Waals surface area contributed by atoms with Crippen molar-refractivity contribution < 1.29 is 14.3 Å². The second-order valence-corrected chi connectivity index (χ2v) is 7.52. The fraction of sp³-hybridized carbons (Fsp3) is 0.895. The summed E-state index contributed by atoms with van der Waals surface area (Å²) >= 11 is 0. The normalized spacial score (nSPS) is 12.7. The number of rotatable bonds is 11. The summed E-state index contributed by atoms with van der Waals surface area (Å²) in [6.07, 6.45) is 4.45. The first kappa shape index (κ1) is 24.5. The Labute approximate surface area is 159 Å². The molecule has 3 N–H and O–H groups in total. The van der Waals surface area contributed by atoms with Gasteiger partial charge < -0.3 is 25.4 Å². The SMILES string of the molecule is CCC(CC)(CNC(=NC)NCCCCCOC)NC(=O)OC(C)(C)C. The number of nitrogens with one attached hydrogen (secondary N) is 3. The third-order valence-corrected chi connectivity index (χ3v) is 4.26. The highest BCUT2D eigenvalue weighted by molar-refractivity contribution is 5.79. The van der Waals surface area contributed by atoms with E-state index in [2.05, 4.69) is 34.8 Å². The number of ether oxygens (including phenoxy) is 2. The standard InChI is InChI=1S/C19H40N4O3/c1-8-19(9-2,23-17(24)26-18(3,4)5)15-22-16(20-6)21-13-11-10-12-14-25-7/h8-15H2,1-7H3,(H,23,24)(H2,20,21,22). The van der Waals surface area contributed by atoms with Crippen molar-refractivity contribution in [1.82, 2.24) is 16.0 Å². The number of nitrogens with zero attached hydrogens (tertiary/aromatic N) is 1. The molecule has 0 aromatic rings. The van der Waals surface area contributed by atoms with Crippen molar-refractivity contribution in [3.63, 3.8) is 0 Å². The van der Waals surface area contributed by atoms with Crippen LogP contribution in [0.5, 0.6) is 0 Å². The Kier molecular flexibility index (Phi) is 12.1. The van der Waals surface area contributed by atoms with Gasteiger partial charge in [0.25, 0.3) is 0 Å². The van der Waals surface area contributed by atoms with Crippen LogP contribution in [0.25, 0.3) is 0 Å². The van der Waals surface area contributed by atoms with Crippen molar-refractivity contribution in [1.29, 1.82) is 0 Å². The lowest BCUT2D eigenvalue weighted by Crippen LogP contribution is -2.57. The quantitative estimate of drug-likeness (QED) is 0.295. The molecule has 154 valence electrons. The van der Waals surface area contributed by atoms with E-state index in [0.29, 0.717) is 6.54 Å². The molecule has 0 aliphatic carbocycles. The Balaban J connectivity index is 4.48. The van der Waals surface area contributed by atoms with Crippen LogP contribution in [0.1, 0.15) is 66.7 Å². The van der Waals surface area contributed by atoms with E-state index < -0.39 is 5.60 Å². The highest BCUT2D eigenvalue weighted by Crippen LogP contribution is 2.16. The van der Waals surface area contributed by atoms with Gasteiger partial charge in [0.15, 0.2) is 5.96 Å². The zero-order valence-corrected chi connectivity index (χ0v) is 17.8. The van der Waals surface area contributed by atoms with E-state index in [1.807, 2.05) is 20.8 Å². The number of hydrogen-bond donors (Lipinski definition) is 3. The van der Waals surface area contributed by atoms with E-state index in [1.54, 1.807) is 14.2 Å². The van der Waals surface area contributed by atoms with Crippen LogP contribution in [0.2, 0.25) is 0 Å². The molecule has 0 rings (SSSR count). The van der Waals surface area contributed by atoms with Gasteiger partial charge in [-0.2, -0.15) is 0 Å². The lowest BCUT2D eigenvalue weighted by molar-refractivity contribution is 0.0448. The van der Waals surface area contributed by atoms with Crippen molar-refractivity contribution in [3.05, 3.63) is 0 Å². The lowest BCUT2D eigenvalue weighted by atomic mass is 9.93. The number of aliphatic imine (C=N–C) groups is 1. The van der Waals surface area contributed by atoms with Crippen LogP contribution in [0, 0.1) is 0 Å². The molecule has 0 aromatic heterocycles. The summed E-state index contributed by atoms with van der Waals surface area (Å²) < 4.78 is 10.5. The highest BCUT2D eigenvalue weighted by Gasteiger charge is 2.30. The largest absolute Gasteiger partial charge is 0.444 e. The first-order valence-corrected chi connectivity index (χ1v) is 9.66. The maximum Gasteiger partial charge on any atom is 0.408 e. The molecule has 0 aliphatic rings. The first-order valence-electron chi connectivity index (χ1n) is 9.66. The molecule has 1 amide bonds. The Morgan fingerprint density at radius 2 is 1.69 bits per heavy atom. The van der Waals surface area contributed by atoms with Gasteiger partial charge >= 0.3 is 6.09 Å². The molecule has 0 unspecified atom stereocenters. The second kappa shape index (κ2) is 12.8. The molecule has 0 atom stereocenters. The average molecular weight is 373 g/mol. The number of unbranched alkanes of at least 4 members (excludes halogenated alkanes) is 2. The van der Waals surface area contributed by atoms with Crippen LogP contribution in [0.15, 0.2) is 4.99 Å². The highest BCUT2D eigenvalue weighted by atomic mass is 16.6. The molecular weight excluding hydrogens is 332 g/mol. The zero-order valence-electron chi connectivity index (χ0n) is 17.8. The Hall–Kier alpha value is -1.50. The summed E-state index contributed by atoms with van der Waals surface area (Å²) in [5, 5.41) is 9.68. The minimum Gasteiger partial charge on any atom is -0.444 e. The Morgan fingerprint density at radius 1 is 1.04 bits per heavy atom.